The van der Waals surface area contributed by atoms with Gasteiger partial charge in [-0.1, -0.05) is 42.8 Å². The molecule has 3 rings (SSSR count). The van der Waals surface area contributed by atoms with Crippen LogP contribution in [0.4, 0.5) is 0 Å². The summed E-state index contributed by atoms with van der Waals surface area (Å²) in [6, 6.07) is 12.6. The third kappa shape index (κ3) is 2.25. The monoisotopic (exact) mass is 274 g/mol. The fraction of sp³-hybridized carbons (Fsp3) is 0.250. The highest BCUT2D eigenvalue weighted by Crippen LogP contribution is 2.43. The first-order valence-electron chi connectivity index (χ1n) is 6.24. The van der Waals surface area contributed by atoms with Crippen molar-refractivity contribution in [1.82, 2.24) is 0 Å². The van der Waals surface area contributed by atoms with Crippen LogP contribution < -0.4 is 0 Å². The van der Waals surface area contributed by atoms with Gasteiger partial charge >= 0.3 is 0 Å². The van der Waals surface area contributed by atoms with Crippen LogP contribution in [0.5, 0.6) is 0 Å². The number of allylic oxidation sites excluding steroid dienone is 2. The Bertz CT molecular complexity index is 551. The summed E-state index contributed by atoms with van der Waals surface area (Å²) in [6.45, 7) is 2.31. The maximum absolute atomic E-state index is 5.94. The van der Waals surface area contributed by atoms with E-state index in [9.17, 15) is 0 Å². The van der Waals surface area contributed by atoms with Crippen molar-refractivity contribution >= 4 is 28.5 Å². The standard InChI is InChI=1S/C16H15ClS/c1-11-9-13(12-4-6-14(17)7-5-12)10-15(11)16-3-2-8-18-16/h2-9,11,15H,10H2,1H3/t11-,15-/m0/s1. The summed E-state index contributed by atoms with van der Waals surface area (Å²) in [6.07, 6.45) is 3.55. The summed E-state index contributed by atoms with van der Waals surface area (Å²) < 4.78 is 0. The molecule has 0 fully saturated rings. The summed E-state index contributed by atoms with van der Waals surface area (Å²) >= 11 is 7.81. The minimum Gasteiger partial charge on any atom is -0.149 e. The number of thiophene rings is 1. The Morgan fingerprint density at radius 1 is 1.17 bits per heavy atom. The number of rotatable bonds is 2. The van der Waals surface area contributed by atoms with Crippen LogP contribution in [-0.4, -0.2) is 0 Å². The Kier molecular flexibility index (Phi) is 3.27. The molecule has 0 N–H and O–H groups in total. The molecule has 0 saturated carbocycles. The fourth-order valence-corrected chi connectivity index (χ4v) is 3.73. The second kappa shape index (κ2) is 4.91. The molecule has 0 spiro atoms. The zero-order valence-electron chi connectivity index (χ0n) is 10.3. The van der Waals surface area contributed by atoms with Crippen LogP contribution in [-0.2, 0) is 0 Å². The topological polar surface area (TPSA) is 0 Å². The van der Waals surface area contributed by atoms with Gasteiger partial charge in [-0.3, -0.25) is 0 Å². The molecule has 2 aromatic rings. The minimum atomic E-state index is 0.620. The summed E-state index contributed by atoms with van der Waals surface area (Å²) in [7, 11) is 0. The van der Waals surface area contributed by atoms with Crippen molar-refractivity contribution in [2.24, 2.45) is 5.92 Å². The zero-order valence-corrected chi connectivity index (χ0v) is 11.8. The molecule has 92 valence electrons. The Hall–Kier alpha value is -1.05. The van der Waals surface area contributed by atoms with Crippen molar-refractivity contribution in [3.8, 4) is 0 Å². The van der Waals surface area contributed by atoms with E-state index in [2.05, 4.69) is 42.6 Å². The molecule has 2 heteroatoms. The molecule has 0 radical (unpaired) electrons. The van der Waals surface area contributed by atoms with Crippen molar-refractivity contribution in [2.75, 3.05) is 0 Å². The molecule has 18 heavy (non-hydrogen) atoms. The summed E-state index contributed by atoms with van der Waals surface area (Å²) in [5.74, 6) is 1.27. The molecule has 0 amide bonds. The van der Waals surface area contributed by atoms with Gasteiger partial charge in [0.25, 0.3) is 0 Å². The van der Waals surface area contributed by atoms with E-state index in [0.717, 1.165) is 11.4 Å². The van der Waals surface area contributed by atoms with Crippen molar-refractivity contribution in [3.63, 3.8) is 0 Å². The largest absolute Gasteiger partial charge is 0.149 e. The van der Waals surface area contributed by atoms with Gasteiger partial charge in [0.1, 0.15) is 0 Å². The van der Waals surface area contributed by atoms with E-state index in [1.165, 1.54) is 16.0 Å². The van der Waals surface area contributed by atoms with E-state index < -0.39 is 0 Å². The van der Waals surface area contributed by atoms with Crippen molar-refractivity contribution < 1.29 is 0 Å². The molecule has 1 aliphatic rings. The van der Waals surface area contributed by atoms with Crippen LogP contribution in [0.1, 0.15) is 29.7 Å². The SMILES string of the molecule is C[C@H]1C=C(c2ccc(Cl)cc2)C[C@@H]1c1cccs1. The van der Waals surface area contributed by atoms with E-state index in [4.69, 9.17) is 11.6 Å². The molecule has 0 saturated heterocycles. The van der Waals surface area contributed by atoms with Gasteiger partial charge in [-0.15, -0.1) is 11.3 Å². The maximum atomic E-state index is 5.94. The molecule has 0 nitrogen and oxygen atoms in total. The lowest BCUT2D eigenvalue weighted by molar-refractivity contribution is 0.599. The maximum Gasteiger partial charge on any atom is 0.0406 e. The molecule has 1 aromatic heterocycles. The zero-order chi connectivity index (χ0) is 12.5. The van der Waals surface area contributed by atoms with Gasteiger partial charge in [-0.05, 0) is 47.1 Å². The second-order valence-corrected chi connectivity index (χ2v) is 6.30. The first kappa shape index (κ1) is 12.0. The van der Waals surface area contributed by atoms with Crippen LogP contribution >= 0.6 is 22.9 Å². The highest BCUT2D eigenvalue weighted by atomic mass is 35.5. The average Bonchev–Trinajstić information content (AvgIpc) is 2.99. The van der Waals surface area contributed by atoms with Crippen LogP contribution in [0.3, 0.4) is 0 Å². The molecular formula is C16H15ClS. The third-order valence-electron chi connectivity index (χ3n) is 3.66. The van der Waals surface area contributed by atoms with Gasteiger partial charge in [0.2, 0.25) is 0 Å². The number of halogens is 1. The summed E-state index contributed by atoms with van der Waals surface area (Å²) in [4.78, 5) is 1.50. The lowest BCUT2D eigenvalue weighted by Crippen LogP contribution is -1.99. The van der Waals surface area contributed by atoms with E-state index in [0.29, 0.717) is 11.8 Å². The van der Waals surface area contributed by atoms with Crippen molar-refractivity contribution in [1.29, 1.82) is 0 Å². The molecule has 0 aliphatic heterocycles. The fourth-order valence-electron chi connectivity index (χ4n) is 2.66. The van der Waals surface area contributed by atoms with E-state index in [1.807, 2.05) is 23.5 Å². The van der Waals surface area contributed by atoms with Gasteiger partial charge < -0.3 is 0 Å². The first-order chi connectivity index (χ1) is 8.74. The molecule has 1 heterocycles. The van der Waals surface area contributed by atoms with Gasteiger partial charge in [-0.2, -0.15) is 0 Å². The Labute approximate surface area is 117 Å². The Morgan fingerprint density at radius 3 is 2.61 bits per heavy atom. The van der Waals surface area contributed by atoms with Crippen LogP contribution in [0.25, 0.3) is 5.57 Å². The van der Waals surface area contributed by atoms with Gasteiger partial charge in [0, 0.05) is 15.8 Å². The predicted octanol–water partition coefficient (Wildman–Crippen LogP) is 5.61. The highest BCUT2D eigenvalue weighted by molar-refractivity contribution is 7.10. The third-order valence-corrected chi connectivity index (χ3v) is 4.92. The molecular weight excluding hydrogens is 260 g/mol. The van der Waals surface area contributed by atoms with Crippen molar-refractivity contribution in [3.05, 3.63) is 63.3 Å². The normalized spacial score (nSPS) is 23.1. The van der Waals surface area contributed by atoms with Crippen LogP contribution in [0.2, 0.25) is 5.02 Å². The molecule has 0 bridgehead atoms. The van der Waals surface area contributed by atoms with Gasteiger partial charge in [0.15, 0.2) is 0 Å². The summed E-state index contributed by atoms with van der Waals surface area (Å²) in [5, 5.41) is 2.97. The number of benzene rings is 1. The van der Waals surface area contributed by atoms with Crippen LogP contribution in [0.15, 0.2) is 47.9 Å². The van der Waals surface area contributed by atoms with Gasteiger partial charge in [0.05, 0.1) is 0 Å². The van der Waals surface area contributed by atoms with Gasteiger partial charge in [-0.25, -0.2) is 0 Å². The molecule has 2 atom stereocenters. The minimum absolute atomic E-state index is 0.620. The number of hydrogen-bond acceptors (Lipinski definition) is 1. The summed E-state index contributed by atoms with van der Waals surface area (Å²) in [5.41, 5.74) is 2.77. The first-order valence-corrected chi connectivity index (χ1v) is 7.50. The molecule has 1 aliphatic carbocycles. The van der Waals surface area contributed by atoms with Crippen LogP contribution in [0, 0.1) is 5.92 Å². The smallest absolute Gasteiger partial charge is 0.0406 e. The quantitative estimate of drug-likeness (QED) is 0.668. The second-order valence-electron chi connectivity index (χ2n) is 4.88. The van der Waals surface area contributed by atoms with E-state index >= 15 is 0 Å². The Morgan fingerprint density at radius 2 is 1.94 bits per heavy atom. The molecule has 1 aromatic carbocycles. The number of hydrogen-bond donors (Lipinski definition) is 0. The van der Waals surface area contributed by atoms with E-state index in [1.54, 1.807) is 0 Å². The predicted molar refractivity (Wildman–Crippen MR) is 80.3 cm³/mol. The van der Waals surface area contributed by atoms with Crippen molar-refractivity contribution in [2.45, 2.75) is 19.3 Å². The molecule has 0 unspecified atom stereocenters. The Balaban J connectivity index is 1.84. The van der Waals surface area contributed by atoms with E-state index in [-0.39, 0.29) is 0 Å². The lowest BCUT2D eigenvalue weighted by atomic mass is 9.94. The average molecular weight is 275 g/mol. The highest BCUT2D eigenvalue weighted by Gasteiger charge is 2.26. The lowest BCUT2D eigenvalue weighted by Gasteiger charge is -2.13.